The van der Waals surface area contributed by atoms with E-state index in [1.807, 2.05) is 12.2 Å². The van der Waals surface area contributed by atoms with Crippen LogP contribution >= 0.6 is 0 Å². The Hall–Kier alpha value is -2.83. The molecule has 2 rings (SSSR count). The molecule has 0 bridgehead atoms. The zero-order valence-electron chi connectivity index (χ0n) is 13.1. The van der Waals surface area contributed by atoms with Crippen molar-refractivity contribution < 1.29 is 28.3 Å². The van der Waals surface area contributed by atoms with Gasteiger partial charge in [0, 0.05) is 17.9 Å². The number of aryl methyl sites for hydroxylation is 1. The van der Waals surface area contributed by atoms with Gasteiger partial charge in [-0.2, -0.15) is 0 Å². The molecule has 7 nitrogen and oxygen atoms in total. The summed E-state index contributed by atoms with van der Waals surface area (Å²) in [6, 6.07) is 5.22. The topological polar surface area (TPSA) is 94.8 Å². The van der Waals surface area contributed by atoms with E-state index in [0.29, 0.717) is 23.5 Å². The molecule has 1 aromatic heterocycles. The number of amides is 2. The molecule has 2 aromatic rings. The first kappa shape index (κ1) is 16.5. The highest BCUT2D eigenvalue weighted by Crippen LogP contribution is 2.29. The highest BCUT2D eigenvalue weighted by atomic mass is 16.5. The zero-order chi connectivity index (χ0) is 17.0. The van der Waals surface area contributed by atoms with Gasteiger partial charge in [-0.1, -0.05) is 0 Å². The standard InChI is InChI=1S/C16H17NO6/c1-4-21-11-5-6-13-12(7-11)9(2)15(23-13)16(20)22-8-14(19)17-10(3)18/h5-7H,4,8H2,1-3H3,(H,17,18,19). The Labute approximate surface area is 132 Å². The second kappa shape index (κ2) is 6.95. The molecule has 0 radical (unpaired) electrons. The van der Waals surface area contributed by atoms with E-state index in [2.05, 4.69) is 0 Å². The Balaban J connectivity index is 2.16. The number of furan rings is 1. The van der Waals surface area contributed by atoms with Gasteiger partial charge < -0.3 is 13.9 Å². The number of fused-ring (bicyclic) bond motifs is 1. The molecule has 1 heterocycles. The fourth-order valence-electron chi connectivity index (χ4n) is 2.08. The van der Waals surface area contributed by atoms with Crippen LogP contribution in [0.3, 0.4) is 0 Å². The highest BCUT2D eigenvalue weighted by molar-refractivity contribution is 5.98. The molecular formula is C16H17NO6. The quantitative estimate of drug-likeness (QED) is 0.847. The van der Waals surface area contributed by atoms with Crippen molar-refractivity contribution >= 4 is 28.8 Å². The largest absolute Gasteiger partial charge is 0.494 e. The lowest BCUT2D eigenvalue weighted by Gasteiger charge is -2.03. The van der Waals surface area contributed by atoms with Crippen molar-refractivity contribution in [2.24, 2.45) is 0 Å². The lowest BCUT2D eigenvalue weighted by atomic mass is 10.1. The summed E-state index contributed by atoms with van der Waals surface area (Å²) >= 11 is 0. The molecule has 0 fully saturated rings. The average Bonchev–Trinajstić information content (AvgIpc) is 2.82. The number of esters is 1. The van der Waals surface area contributed by atoms with Gasteiger partial charge in [-0.25, -0.2) is 4.79 Å². The summed E-state index contributed by atoms with van der Waals surface area (Å²) in [4.78, 5) is 34.1. The van der Waals surface area contributed by atoms with Gasteiger partial charge >= 0.3 is 5.97 Å². The van der Waals surface area contributed by atoms with E-state index >= 15 is 0 Å². The fourth-order valence-corrected chi connectivity index (χ4v) is 2.08. The second-order valence-corrected chi connectivity index (χ2v) is 4.83. The lowest BCUT2D eigenvalue weighted by molar-refractivity contribution is -0.131. The first-order valence-corrected chi connectivity index (χ1v) is 7.05. The van der Waals surface area contributed by atoms with Crippen LogP contribution in [0.25, 0.3) is 11.0 Å². The number of carbonyl (C=O) groups is 3. The van der Waals surface area contributed by atoms with Gasteiger partial charge in [0.05, 0.1) is 6.61 Å². The summed E-state index contributed by atoms with van der Waals surface area (Å²) in [5.41, 5.74) is 1.12. The van der Waals surface area contributed by atoms with Crippen molar-refractivity contribution in [3.8, 4) is 5.75 Å². The molecule has 122 valence electrons. The third kappa shape index (κ3) is 3.88. The van der Waals surface area contributed by atoms with Crippen molar-refractivity contribution in [3.63, 3.8) is 0 Å². The zero-order valence-corrected chi connectivity index (χ0v) is 13.1. The molecule has 1 aromatic carbocycles. The first-order chi connectivity index (χ1) is 10.9. The fraction of sp³-hybridized carbons (Fsp3) is 0.312. The van der Waals surface area contributed by atoms with Crippen molar-refractivity contribution in [2.75, 3.05) is 13.2 Å². The maximum atomic E-state index is 12.0. The van der Waals surface area contributed by atoms with Gasteiger partial charge in [0.1, 0.15) is 11.3 Å². The highest BCUT2D eigenvalue weighted by Gasteiger charge is 2.20. The molecule has 2 amide bonds. The van der Waals surface area contributed by atoms with Crippen LogP contribution in [-0.4, -0.2) is 31.0 Å². The Bertz CT molecular complexity index is 761. The monoisotopic (exact) mass is 319 g/mol. The Morgan fingerprint density at radius 2 is 2.00 bits per heavy atom. The van der Waals surface area contributed by atoms with Crippen LogP contribution in [0.4, 0.5) is 0 Å². The Morgan fingerprint density at radius 3 is 2.65 bits per heavy atom. The average molecular weight is 319 g/mol. The van der Waals surface area contributed by atoms with Crippen LogP contribution in [0.15, 0.2) is 22.6 Å². The molecule has 0 aliphatic rings. The third-order valence-electron chi connectivity index (χ3n) is 3.05. The van der Waals surface area contributed by atoms with Crippen LogP contribution < -0.4 is 10.1 Å². The Kier molecular flexibility index (Phi) is 5.00. The van der Waals surface area contributed by atoms with Crippen LogP contribution in [0.5, 0.6) is 5.75 Å². The van der Waals surface area contributed by atoms with Gasteiger partial charge in [-0.15, -0.1) is 0 Å². The molecule has 7 heteroatoms. The minimum Gasteiger partial charge on any atom is -0.494 e. The van der Waals surface area contributed by atoms with E-state index in [1.54, 1.807) is 25.1 Å². The van der Waals surface area contributed by atoms with Crippen molar-refractivity contribution in [3.05, 3.63) is 29.5 Å². The molecule has 1 N–H and O–H groups in total. The summed E-state index contributed by atoms with van der Waals surface area (Å²) in [5.74, 6) is -1.29. The maximum absolute atomic E-state index is 12.0. The minimum atomic E-state index is -0.768. The molecule has 0 saturated carbocycles. The smallest absolute Gasteiger partial charge is 0.375 e. The van der Waals surface area contributed by atoms with Gasteiger partial charge in [0.15, 0.2) is 6.61 Å². The lowest BCUT2D eigenvalue weighted by Crippen LogP contribution is -2.32. The number of nitrogens with one attached hydrogen (secondary N) is 1. The van der Waals surface area contributed by atoms with Crippen LogP contribution in [-0.2, 0) is 14.3 Å². The minimum absolute atomic E-state index is 0.0178. The number of imide groups is 1. The van der Waals surface area contributed by atoms with E-state index in [1.165, 1.54) is 6.92 Å². The maximum Gasteiger partial charge on any atom is 0.375 e. The number of carbonyl (C=O) groups excluding carboxylic acids is 3. The van der Waals surface area contributed by atoms with E-state index < -0.39 is 24.4 Å². The summed E-state index contributed by atoms with van der Waals surface area (Å²) in [5, 5.41) is 2.74. The summed E-state index contributed by atoms with van der Waals surface area (Å²) in [7, 11) is 0. The number of hydrogen-bond donors (Lipinski definition) is 1. The second-order valence-electron chi connectivity index (χ2n) is 4.83. The molecule has 0 aliphatic carbocycles. The molecule has 23 heavy (non-hydrogen) atoms. The Morgan fingerprint density at radius 1 is 1.26 bits per heavy atom. The number of rotatable bonds is 5. The summed E-state index contributed by atoms with van der Waals surface area (Å²) in [6.45, 7) is 4.76. The molecule has 0 atom stereocenters. The van der Waals surface area contributed by atoms with E-state index in [-0.39, 0.29) is 5.76 Å². The summed E-state index contributed by atoms with van der Waals surface area (Å²) < 4.78 is 15.7. The van der Waals surface area contributed by atoms with E-state index in [0.717, 1.165) is 5.39 Å². The van der Waals surface area contributed by atoms with E-state index in [4.69, 9.17) is 13.9 Å². The molecule has 0 spiro atoms. The van der Waals surface area contributed by atoms with Crippen molar-refractivity contribution in [1.82, 2.24) is 5.32 Å². The predicted molar refractivity (Wildman–Crippen MR) is 81.2 cm³/mol. The summed E-state index contributed by atoms with van der Waals surface area (Å²) in [6.07, 6.45) is 0. The van der Waals surface area contributed by atoms with Gasteiger partial charge in [0.25, 0.3) is 5.91 Å². The van der Waals surface area contributed by atoms with Crippen LogP contribution in [0.2, 0.25) is 0 Å². The number of hydrogen-bond acceptors (Lipinski definition) is 6. The SMILES string of the molecule is CCOc1ccc2oc(C(=O)OCC(=O)NC(C)=O)c(C)c2c1. The molecule has 0 aliphatic heterocycles. The number of ether oxygens (including phenoxy) is 2. The van der Waals surface area contributed by atoms with E-state index in [9.17, 15) is 14.4 Å². The van der Waals surface area contributed by atoms with Gasteiger partial charge in [-0.3, -0.25) is 14.9 Å². The number of benzene rings is 1. The van der Waals surface area contributed by atoms with Gasteiger partial charge in [0.2, 0.25) is 11.7 Å². The van der Waals surface area contributed by atoms with Crippen molar-refractivity contribution in [2.45, 2.75) is 20.8 Å². The normalized spacial score (nSPS) is 10.4. The molecule has 0 saturated heterocycles. The third-order valence-corrected chi connectivity index (χ3v) is 3.05. The molecule has 0 unspecified atom stereocenters. The first-order valence-electron chi connectivity index (χ1n) is 7.05. The van der Waals surface area contributed by atoms with Crippen LogP contribution in [0, 0.1) is 6.92 Å². The van der Waals surface area contributed by atoms with Gasteiger partial charge in [-0.05, 0) is 32.0 Å². The van der Waals surface area contributed by atoms with Crippen LogP contribution in [0.1, 0.15) is 30.0 Å². The van der Waals surface area contributed by atoms with Crippen molar-refractivity contribution in [1.29, 1.82) is 0 Å². The predicted octanol–water partition coefficient (Wildman–Crippen LogP) is 1.96. The molecular weight excluding hydrogens is 302 g/mol.